The zero-order valence-corrected chi connectivity index (χ0v) is 16.0. The first-order chi connectivity index (χ1) is 12.7. The number of aliphatic hydroxyl groups is 1. The zero-order chi connectivity index (χ0) is 18.1. The van der Waals surface area contributed by atoms with E-state index in [4.69, 9.17) is 9.97 Å². The highest BCUT2D eigenvalue weighted by atomic mass is 32.1. The van der Waals surface area contributed by atoms with E-state index in [1.807, 2.05) is 12.1 Å². The van der Waals surface area contributed by atoms with Gasteiger partial charge in [0.05, 0.1) is 18.0 Å². The van der Waals surface area contributed by atoms with E-state index in [1.54, 1.807) is 23.7 Å². The Balaban J connectivity index is 1.89. The highest BCUT2D eigenvalue weighted by Gasteiger charge is 2.23. The van der Waals surface area contributed by atoms with E-state index < -0.39 is 0 Å². The van der Waals surface area contributed by atoms with E-state index in [0.717, 1.165) is 34.4 Å². The second-order valence-electron chi connectivity index (χ2n) is 7.21. The summed E-state index contributed by atoms with van der Waals surface area (Å²) in [6.07, 6.45) is 8.24. The van der Waals surface area contributed by atoms with Gasteiger partial charge in [-0.2, -0.15) is 0 Å². The molecule has 0 unspecified atom stereocenters. The average molecular weight is 369 g/mol. The lowest BCUT2D eigenvalue weighted by Gasteiger charge is -2.22. The maximum Gasteiger partial charge on any atom is 0.164 e. The summed E-state index contributed by atoms with van der Waals surface area (Å²) in [5, 5.41) is 14.4. The van der Waals surface area contributed by atoms with Crippen LogP contribution in [0.1, 0.15) is 37.1 Å². The Morgan fingerprint density at radius 1 is 1.23 bits per heavy atom. The molecule has 0 saturated carbocycles. The van der Waals surface area contributed by atoms with Crippen molar-refractivity contribution in [3.8, 4) is 11.4 Å². The van der Waals surface area contributed by atoms with Crippen molar-refractivity contribution in [1.82, 2.24) is 15.0 Å². The molecular weight excluding hydrogens is 344 g/mol. The Labute approximate surface area is 157 Å². The first-order valence-corrected chi connectivity index (χ1v) is 10.1. The van der Waals surface area contributed by atoms with E-state index in [1.165, 1.54) is 23.3 Å². The average Bonchev–Trinajstić information content (AvgIpc) is 3.05. The number of aryl methyl sites for hydroxylation is 2. The Hall–Kier alpha value is -2.05. The van der Waals surface area contributed by atoms with Crippen LogP contribution in [0.5, 0.6) is 0 Å². The molecule has 0 amide bonds. The van der Waals surface area contributed by atoms with Gasteiger partial charge in [0.15, 0.2) is 5.82 Å². The zero-order valence-electron chi connectivity index (χ0n) is 15.2. The minimum Gasteiger partial charge on any atom is -0.394 e. The van der Waals surface area contributed by atoms with Gasteiger partial charge in [0.2, 0.25) is 0 Å². The number of pyridine rings is 1. The van der Waals surface area contributed by atoms with E-state index in [-0.39, 0.29) is 12.6 Å². The third kappa shape index (κ3) is 3.19. The van der Waals surface area contributed by atoms with Gasteiger partial charge >= 0.3 is 0 Å². The van der Waals surface area contributed by atoms with E-state index in [9.17, 15) is 5.11 Å². The van der Waals surface area contributed by atoms with Crippen LogP contribution in [0.2, 0.25) is 0 Å². The van der Waals surface area contributed by atoms with Crippen LogP contribution in [-0.4, -0.2) is 32.7 Å². The van der Waals surface area contributed by atoms with Crippen molar-refractivity contribution in [1.29, 1.82) is 0 Å². The van der Waals surface area contributed by atoms with Crippen LogP contribution in [0.3, 0.4) is 0 Å². The van der Waals surface area contributed by atoms with Crippen molar-refractivity contribution in [3.05, 3.63) is 35.0 Å². The number of aliphatic hydroxyl groups excluding tert-OH is 1. The fraction of sp³-hybridized carbons (Fsp3) is 0.450. The number of thiophene rings is 1. The maximum absolute atomic E-state index is 9.79. The van der Waals surface area contributed by atoms with Gasteiger partial charge in [-0.25, -0.2) is 9.97 Å². The molecule has 136 valence electrons. The lowest BCUT2D eigenvalue weighted by atomic mass is 9.96. The van der Waals surface area contributed by atoms with Crippen molar-refractivity contribution in [3.63, 3.8) is 0 Å². The first kappa shape index (κ1) is 17.4. The number of fused-ring (bicyclic) bond motifs is 3. The van der Waals surface area contributed by atoms with Crippen LogP contribution in [0.4, 0.5) is 5.82 Å². The molecule has 0 bridgehead atoms. The molecule has 0 radical (unpaired) electrons. The maximum atomic E-state index is 9.79. The Bertz CT molecular complexity index is 907. The summed E-state index contributed by atoms with van der Waals surface area (Å²) < 4.78 is 0. The summed E-state index contributed by atoms with van der Waals surface area (Å²) in [6.45, 7) is 4.30. The van der Waals surface area contributed by atoms with Gasteiger partial charge in [-0.3, -0.25) is 4.98 Å². The van der Waals surface area contributed by atoms with Crippen molar-refractivity contribution >= 4 is 27.4 Å². The van der Waals surface area contributed by atoms with Crippen molar-refractivity contribution in [2.75, 3.05) is 11.9 Å². The highest BCUT2D eigenvalue weighted by Crippen LogP contribution is 2.39. The second kappa shape index (κ2) is 7.29. The molecule has 0 saturated heterocycles. The van der Waals surface area contributed by atoms with Crippen LogP contribution < -0.4 is 5.32 Å². The lowest BCUT2D eigenvalue weighted by Crippen LogP contribution is -2.30. The molecule has 6 heteroatoms. The summed E-state index contributed by atoms with van der Waals surface area (Å²) >= 11 is 1.79. The molecule has 2 N–H and O–H groups in total. The molecule has 3 aromatic rings. The molecule has 1 atom stereocenters. The number of nitrogens with zero attached hydrogens (tertiary/aromatic N) is 3. The molecule has 3 heterocycles. The number of hydrogen-bond acceptors (Lipinski definition) is 6. The third-order valence-corrected chi connectivity index (χ3v) is 6.24. The van der Waals surface area contributed by atoms with Crippen LogP contribution in [0, 0.1) is 5.92 Å². The molecule has 26 heavy (non-hydrogen) atoms. The lowest BCUT2D eigenvalue weighted by molar-refractivity contribution is 0.249. The topological polar surface area (TPSA) is 70.9 Å². The van der Waals surface area contributed by atoms with Crippen LogP contribution in [0.15, 0.2) is 24.5 Å². The van der Waals surface area contributed by atoms with Crippen molar-refractivity contribution in [2.45, 2.75) is 45.6 Å². The summed E-state index contributed by atoms with van der Waals surface area (Å²) in [7, 11) is 0. The third-order valence-electron chi connectivity index (χ3n) is 5.06. The van der Waals surface area contributed by atoms with Crippen LogP contribution in [-0.2, 0) is 12.8 Å². The predicted molar refractivity (Wildman–Crippen MR) is 107 cm³/mol. The van der Waals surface area contributed by atoms with Gasteiger partial charge < -0.3 is 10.4 Å². The highest BCUT2D eigenvalue weighted by molar-refractivity contribution is 7.19. The number of hydrogen-bond donors (Lipinski definition) is 2. The molecule has 4 rings (SSSR count). The van der Waals surface area contributed by atoms with E-state index in [0.29, 0.717) is 11.7 Å². The van der Waals surface area contributed by atoms with Crippen LogP contribution >= 0.6 is 11.3 Å². The summed E-state index contributed by atoms with van der Waals surface area (Å²) in [5.41, 5.74) is 2.31. The van der Waals surface area contributed by atoms with Crippen molar-refractivity contribution < 1.29 is 5.11 Å². The number of nitrogens with one attached hydrogen (secondary N) is 1. The summed E-state index contributed by atoms with van der Waals surface area (Å²) in [5.74, 6) is 1.84. The minimum absolute atomic E-state index is 0.0333. The molecule has 1 aliphatic carbocycles. The standard InChI is InChI=1S/C20H24N4OS/c1-12(2)15(11-25)22-19-17-14-7-3-4-8-16(14)26-20(17)24-18(23-19)13-6-5-9-21-10-13/h5-6,9-10,12,15,25H,3-4,7-8,11H2,1-2H3,(H,22,23,24)/t15-/m1/s1. The number of anilines is 1. The van der Waals surface area contributed by atoms with E-state index >= 15 is 0 Å². The monoisotopic (exact) mass is 368 g/mol. The van der Waals surface area contributed by atoms with E-state index in [2.05, 4.69) is 24.1 Å². The second-order valence-corrected chi connectivity index (χ2v) is 8.29. The fourth-order valence-corrected chi connectivity index (χ4v) is 4.75. The van der Waals surface area contributed by atoms with Gasteiger partial charge in [-0.1, -0.05) is 13.8 Å². The Morgan fingerprint density at radius 3 is 2.81 bits per heavy atom. The molecule has 5 nitrogen and oxygen atoms in total. The Kier molecular flexibility index (Phi) is 4.87. The number of aromatic nitrogens is 3. The largest absolute Gasteiger partial charge is 0.394 e. The summed E-state index contributed by atoms with van der Waals surface area (Å²) in [4.78, 5) is 16.4. The summed E-state index contributed by atoms with van der Waals surface area (Å²) in [6, 6.07) is 3.85. The SMILES string of the molecule is CC(C)[C@@H](CO)Nc1nc(-c2cccnc2)nc2sc3c(c12)CCCC3. The van der Waals surface area contributed by atoms with Gasteiger partial charge in [0.1, 0.15) is 10.6 Å². The first-order valence-electron chi connectivity index (χ1n) is 9.27. The molecule has 0 fully saturated rings. The molecule has 1 aliphatic rings. The van der Waals surface area contributed by atoms with Gasteiger partial charge in [0.25, 0.3) is 0 Å². The van der Waals surface area contributed by atoms with Crippen molar-refractivity contribution in [2.24, 2.45) is 5.92 Å². The Morgan fingerprint density at radius 2 is 2.08 bits per heavy atom. The van der Waals surface area contributed by atoms with Crippen LogP contribution in [0.25, 0.3) is 21.6 Å². The van der Waals surface area contributed by atoms with Gasteiger partial charge in [-0.05, 0) is 49.3 Å². The normalized spacial score (nSPS) is 15.2. The molecule has 0 aromatic carbocycles. The van der Waals surface area contributed by atoms with Gasteiger partial charge in [-0.15, -0.1) is 11.3 Å². The molecular formula is C20H24N4OS. The number of rotatable bonds is 5. The fourth-order valence-electron chi connectivity index (χ4n) is 3.48. The predicted octanol–water partition coefficient (Wildman–Crippen LogP) is 4.06. The molecule has 0 aliphatic heterocycles. The molecule has 0 spiro atoms. The smallest absolute Gasteiger partial charge is 0.164 e. The van der Waals surface area contributed by atoms with Gasteiger partial charge in [0, 0.05) is 22.8 Å². The minimum atomic E-state index is -0.0333. The molecule has 3 aromatic heterocycles. The quantitative estimate of drug-likeness (QED) is 0.711.